The van der Waals surface area contributed by atoms with E-state index in [2.05, 4.69) is 12.2 Å². The first-order valence-corrected chi connectivity index (χ1v) is 4.35. The Labute approximate surface area is 80.3 Å². The van der Waals surface area contributed by atoms with Gasteiger partial charge in [0.25, 0.3) is 0 Å². The molecule has 3 nitrogen and oxygen atoms in total. The highest BCUT2D eigenvalue weighted by atomic mass is 19.4. The van der Waals surface area contributed by atoms with E-state index in [1.54, 1.807) is 0 Å². The van der Waals surface area contributed by atoms with Crippen molar-refractivity contribution in [2.45, 2.75) is 25.9 Å². The second-order valence-corrected chi connectivity index (χ2v) is 3.24. The van der Waals surface area contributed by atoms with Gasteiger partial charge >= 0.3 is 12.1 Å². The van der Waals surface area contributed by atoms with Crippen LogP contribution in [-0.4, -0.2) is 30.3 Å². The van der Waals surface area contributed by atoms with Crippen LogP contribution in [0.3, 0.4) is 0 Å². The van der Waals surface area contributed by atoms with Crippen molar-refractivity contribution in [1.29, 1.82) is 0 Å². The number of alkyl halides is 3. The fourth-order valence-corrected chi connectivity index (χ4v) is 0.966. The molecule has 84 valence electrons. The Morgan fingerprint density at radius 1 is 1.36 bits per heavy atom. The maximum Gasteiger partial charge on any atom is 0.490 e. The fraction of sp³-hybridized carbons (Fsp3) is 0.875. The zero-order chi connectivity index (χ0) is 11.2. The van der Waals surface area contributed by atoms with Crippen LogP contribution in [-0.2, 0) is 4.79 Å². The monoisotopic (exact) mass is 213 g/mol. The van der Waals surface area contributed by atoms with E-state index >= 15 is 0 Å². The average Bonchev–Trinajstić information content (AvgIpc) is 2.04. The Hall–Kier alpha value is -0.780. The largest absolute Gasteiger partial charge is 0.490 e. The molecule has 0 amide bonds. The van der Waals surface area contributed by atoms with Gasteiger partial charge in [-0.05, 0) is 31.8 Å². The van der Waals surface area contributed by atoms with Crippen molar-refractivity contribution in [1.82, 2.24) is 5.32 Å². The third-order valence-corrected chi connectivity index (χ3v) is 1.87. The van der Waals surface area contributed by atoms with Crippen LogP contribution in [0.5, 0.6) is 0 Å². The maximum absolute atomic E-state index is 10.6. The minimum atomic E-state index is -5.08. The minimum Gasteiger partial charge on any atom is -0.475 e. The van der Waals surface area contributed by atoms with Gasteiger partial charge in [-0.1, -0.05) is 6.92 Å². The summed E-state index contributed by atoms with van der Waals surface area (Å²) in [6.45, 7) is 4.79. The molecule has 0 atom stereocenters. The van der Waals surface area contributed by atoms with Gasteiger partial charge in [0, 0.05) is 0 Å². The van der Waals surface area contributed by atoms with Crippen molar-refractivity contribution >= 4 is 5.97 Å². The zero-order valence-corrected chi connectivity index (χ0v) is 7.90. The van der Waals surface area contributed by atoms with Crippen molar-refractivity contribution in [2.75, 3.05) is 13.1 Å². The summed E-state index contributed by atoms with van der Waals surface area (Å²) < 4.78 is 31.7. The normalized spacial score (nSPS) is 18.3. The molecule has 2 N–H and O–H groups in total. The maximum atomic E-state index is 10.6. The number of piperidine rings is 1. The first-order valence-electron chi connectivity index (χ1n) is 4.35. The van der Waals surface area contributed by atoms with Gasteiger partial charge < -0.3 is 10.4 Å². The molecule has 1 fully saturated rings. The van der Waals surface area contributed by atoms with Crippen LogP contribution in [0.25, 0.3) is 0 Å². The van der Waals surface area contributed by atoms with Crippen LogP contribution in [0.2, 0.25) is 0 Å². The Morgan fingerprint density at radius 2 is 1.71 bits per heavy atom. The van der Waals surface area contributed by atoms with Gasteiger partial charge in [0.15, 0.2) is 0 Å². The van der Waals surface area contributed by atoms with Crippen molar-refractivity contribution in [3.05, 3.63) is 0 Å². The highest BCUT2D eigenvalue weighted by Gasteiger charge is 2.38. The van der Waals surface area contributed by atoms with Crippen molar-refractivity contribution in [3.63, 3.8) is 0 Å². The highest BCUT2D eigenvalue weighted by molar-refractivity contribution is 5.73. The Balaban J connectivity index is 0.000000241. The first-order chi connectivity index (χ1) is 6.34. The van der Waals surface area contributed by atoms with Crippen LogP contribution in [0.1, 0.15) is 19.8 Å². The smallest absolute Gasteiger partial charge is 0.475 e. The molecule has 1 aliphatic rings. The van der Waals surface area contributed by atoms with Gasteiger partial charge in [-0.25, -0.2) is 4.79 Å². The van der Waals surface area contributed by atoms with E-state index in [0.717, 1.165) is 5.92 Å². The first kappa shape index (κ1) is 13.2. The molecule has 0 unspecified atom stereocenters. The van der Waals surface area contributed by atoms with Crippen molar-refractivity contribution in [2.24, 2.45) is 5.92 Å². The van der Waals surface area contributed by atoms with E-state index in [4.69, 9.17) is 9.90 Å². The van der Waals surface area contributed by atoms with Crippen LogP contribution < -0.4 is 5.32 Å². The number of aliphatic carboxylic acids is 1. The lowest BCUT2D eigenvalue weighted by molar-refractivity contribution is -0.192. The number of carboxylic acids is 1. The van der Waals surface area contributed by atoms with Crippen LogP contribution in [0.15, 0.2) is 0 Å². The molecule has 0 aromatic rings. The van der Waals surface area contributed by atoms with E-state index in [0.29, 0.717) is 0 Å². The molecular weight excluding hydrogens is 199 g/mol. The predicted octanol–water partition coefficient (Wildman–Crippen LogP) is 1.64. The summed E-state index contributed by atoms with van der Waals surface area (Å²) in [5, 5.41) is 10.4. The Morgan fingerprint density at radius 3 is 1.86 bits per heavy atom. The number of carbonyl (C=O) groups is 1. The summed E-state index contributed by atoms with van der Waals surface area (Å²) in [4.78, 5) is 8.90. The molecule has 1 heterocycles. The molecule has 1 aliphatic heterocycles. The third kappa shape index (κ3) is 6.71. The number of rotatable bonds is 0. The molecule has 0 saturated carbocycles. The lowest BCUT2D eigenvalue weighted by Crippen LogP contribution is -2.26. The van der Waals surface area contributed by atoms with E-state index in [-0.39, 0.29) is 0 Å². The quantitative estimate of drug-likeness (QED) is 0.643. The number of hydrogen-bond acceptors (Lipinski definition) is 2. The van der Waals surface area contributed by atoms with Gasteiger partial charge in [-0.2, -0.15) is 13.2 Å². The second kappa shape index (κ2) is 5.85. The van der Waals surface area contributed by atoms with E-state index in [1.807, 2.05) is 0 Å². The summed E-state index contributed by atoms with van der Waals surface area (Å²) in [7, 11) is 0. The summed E-state index contributed by atoms with van der Waals surface area (Å²) in [6, 6.07) is 0. The molecule has 0 bridgehead atoms. The summed E-state index contributed by atoms with van der Waals surface area (Å²) >= 11 is 0. The molecule has 0 aromatic carbocycles. The number of carboxylic acid groups (broad SMARTS) is 1. The SMILES string of the molecule is CC1CCNCC1.O=C(O)C(F)(F)F. The Bertz CT molecular complexity index is 176. The van der Waals surface area contributed by atoms with Gasteiger partial charge in [0.05, 0.1) is 0 Å². The third-order valence-electron chi connectivity index (χ3n) is 1.87. The number of halogens is 3. The van der Waals surface area contributed by atoms with Crippen molar-refractivity contribution < 1.29 is 23.1 Å². The second-order valence-electron chi connectivity index (χ2n) is 3.24. The van der Waals surface area contributed by atoms with Gasteiger partial charge in [-0.3, -0.25) is 0 Å². The molecule has 1 saturated heterocycles. The van der Waals surface area contributed by atoms with Gasteiger partial charge in [0.2, 0.25) is 0 Å². The molecule has 0 radical (unpaired) electrons. The standard InChI is InChI=1S/C6H13N.C2HF3O2/c1-6-2-4-7-5-3-6;3-2(4,5)1(6)7/h6-7H,2-5H2,1H3;(H,6,7). The minimum absolute atomic E-state index is 0.973. The molecular formula is C8H14F3NO2. The molecule has 0 aromatic heterocycles. The van der Waals surface area contributed by atoms with Gasteiger partial charge in [0.1, 0.15) is 0 Å². The summed E-state index contributed by atoms with van der Waals surface area (Å²) in [6.07, 6.45) is -2.33. The molecule has 0 spiro atoms. The van der Waals surface area contributed by atoms with E-state index in [1.165, 1.54) is 25.9 Å². The predicted molar refractivity (Wildman–Crippen MR) is 45.0 cm³/mol. The van der Waals surface area contributed by atoms with E-state index < -0.39 is 12.1 Å². The van der Waals surface area contributed by atoms with Crippen molar-refractivity contribution in [3.8, 4) is 0 Å². The van der Waals surface area contributed by atoms with Crippen LogP contribution >= 0.6 is 0 Å². The van der Waals surface area contributed by atoms with Crippen LogP contribution in [0.4, 0.5) is 13.2 Å². The molecule has 1 rings (SSSR count). The van der Waals surface area contributed by atoms with Gasteiger partial charge in [-0.15, -0.1) is 0 Å². The lowest BCUT2D eigenvalue weighted by atomic mass is 10.0. The lowest BCUT2D eigenvalue weighted by Gasteiger charge is -2.17. The number of nitrogens with one attached hydrogen (secondary N) is 1. The Kier molecular flexibility index (Phi) is 5.52. The summed E-state index contributed by atoms with van der Waals surface area (Å²) in [5.41, 5.74) is 0. The molecule has 6 heteroatoms. The highest BCUT2D eigenvalue weighted by Crippen LogP contribution is 2.13. The zero-order valence-electron chi connectivity index (χ0n) is 7.90. The molecule has 0 aliphatic carbocycles. The molecule has 14 heavy (non-hydrogen) atoms. The fourth-order valence-electron chi connectivity index (χ4n) is 0.966. The topological polar surface area (TPSA) is 49.3 Å². The van der Waals surface area contributed by atoms with E-state index in [9.17, 15) is 13.2 Å². The van der Waals surface area contributed by atoms with Crippen LogP contribution in [0, 0.1) is 5.92 Å². The number of hydrogen-bond donors (Lipinski definition) is 2. The average molecular weight is 213 g/mol. The summed E-state index contributed by atoms with van der Waals surface area (Å²) in [5.74, 6) is -1.78.